The zero-order chi connectivity index (χ0) is 16.1. The third-order valence-electron chi connectivity index (χ3n) is 3.49. The van der Waals surface area contributed by atoms with E-state index in [9.17, 15) is 5.11 Å². The lowest BCUT2D eigenvalue weighted by Crippen LogP contribution is -2.17. The van der Waals surface area contributed by atoms with Gasteiger partial charge >= 0.3 is 0 Å². The molecule has 0 spiro atoms. The van der Waals surface area contributed by atoms with Crippen LogP contribution in [0.1, 0.15) is 25.2 Å². The molecule has 0 aliphatic carbocycles. The maximum Gasteiger partial charge on any atom is 0.165 e. The molecule has 3 aromatic rings. The summed E-state index contributed by atoms with van der Waals surface area (Å²) < 4.78 is 2.53. The van der Waals surface area contributed by atoms with Crippen molar-refractivity contribution in [3.8, 4) is 11.1 Å². The molecule has 22 heavy (non-hydrogen) atoms. The van der Waals surface area contributed by atoms with Gasteiger partial charge in [0.25, 0.3) is 0 Å². The van der Waals surface area contributed by atoms with E-state index in [1.54, 1.807) is 30.8 Å². The van der Waals surface area contributed by atoms with E-state index in [0.29, 0.717) is 17.2 Å². The first-order chi connectivity index (χ1) is 10.3. The summed E-state index contributed by atoms with van der Waals surface area (Å²) in [5, 5.41) is 14.3. The quantitative estimate of drug-likeness (QED) is 0.635. The van der Waals surface area contributed by atoms with Gasteiger partial charge < -0.3 is 10.8 Å². The maximum atomic E-state index is 9.98. The van der Waals surface area contributed by atoms with Crippen LogP contribution in [0, 0.1) is 10.5 Å². The number of anilines is 1. The number of aryl methyl sites for hydroxylation is 1. The van der Waals surface area contributed by atoms with Crippen LogP contribution in [-0.2, 0) is 5.60 Å². The van der Waals surface area contributed by atoms with Crippen LogP contribution in [0.3, 0.4) is 0 Å². The second-order valence-electron chi connectivity index (χ2n) is 5.68. The summed E-state index contributed by atoms with van der Waals surface area (Å²) in [7, 11) is 0. The van der Waals surface area contributed by atoms with Gasteiger partial charge in [-0.2, -0.15) is 9.61 Å². The van der Waals surface area contributed by atoms with Crippen molar-refractivity contribution in [1.29, 1.82) is 0 Å². The first-order valence-electron chi connectivity index (χ1n) is 6.77. The van der Waals surface area contributed by atoms with Crippen LogP contribution < -0.4 is 5.73 Å². The van der Waals surface area contributed by atoms with Crippen molar-refractivity contribution in [1.82, 2.24) is 19.6 Å². The smallest absolute Gasteiger partial charge is 0.165 e. The monoisotopic (exact) mass is 409 g/mol. The zero-order valence-corrected chi connectivity index (χ0v) is 14.7. The molecule has 0 saturated carbocycles. The van der Waals surface area contributed by atoms with Gasteiger partial charge in [-0.05, 0) is 49.4 Å². The molecule has 0 fully saturated rings. The summed E-state index contributed by atoms with van der Waals surface area (Å²) in [6, 6.07) is 3.71. The molecule has 0 radical (unpaired) electrons. The van der Waals surface area contributed by atoms with E-state index in [-0.39, 0.29) is 0 Å². The molecule has 0 aliphatic rings. The van der Waals surface area contributed by atoms with Gasteiger partial charge in [0, 0.05) is 17.3 Å². The number of aliphatic hydroxyl groups is 1. The van der Waals surface area contributed by atoms with E-state index >= 15 is 0 Å². The van der Waals surface area contributed by atoms with E-state index in [4.69, 9.17) is 5.73 Å². The van der Waals surface area contributed by atoms with E-state index in [0.717, 1.165) is 20.4 Å². The molecule has 0 aliphatic heterocycles. The van der Waals surface area contributed by atoms with Crippen LogP contribution in [0.25, 0.3) is 16.8 Å². The number of halogens is 1. The fourth-order valence-corrected chi connectivity index (χ4v) is 2.58. The highest BCUT2D eigenvalue weighted by molar-refractivity contribution is 14.1. The van der Waals surface area contributed by atoms with Gasteiger partial charge in [0.05, 0.1) is 21.2 Å². The number of rotatable bonds is 2. The summed E-state index contributed by atoms with van der Waals surface area (Å²) in [6.07, 6.45) is 3.45. The van der Waals surface area contributed by atoms with Crippen LogP contribution in [0.15, 0.2) is 24.5 Å². The molecule has 0 unspecified atom stereocenters. The standard InChI is InChI=1S/C15H16IN5O/c1-8-12(16)13(17)21-14(20-8)10(7-19-21)9-4-5-11(18-6-9)15(2,3)22/h4-7,22H,17H2,1-3H3. The van der Waals surface area contributed by atoms with Gasteiger partial charge in [0.15, 0.2) is 5.65 Å². The van der Waals surface area contributed by atoms with Crippen LogP contribution in [-0.4, -0.2) is 24.7 Å². The lowest BCUT2D eigenvalue weighted by Gasteiger charge is -2.16. The van der Waals surface area contributed by atoms with Crippen molar-refractivity contribution < 1.29 is 5.11 Å². The van der Waals surface area contributed by atoms with E-state index in [1.807, 2.05) is 19.1 Å². The molecule has 3 aromatic heterocycles. The number of hydrogen-bond acceptors (Lipinski definition) is 5. The molecule has 0 amide bonds. The molecule has 0 bridgehead atoms. The lowest BCUT2D eigenvalue weighted by molar-refractivity contribution is 0.0739. The summed E-state index contributed by atoms with van der Waals surface area (Å²) in [4.78, 5) is 8.91. The van der Waals surface area contributed by atoms with E-state index in [2.05, 4.69) is 37.7 Å². The normalized spacial score (nSPS) is 12.0. The summed E-state index contributed by atoms with van der Waals surface area (Å²) in [5.41, 5.74) is 9.07. The molecule has 3 N–H and O–H groups in total. The maximum absolute atomic E-state index is 9.98. The van der Waals surface area contributed by atoms with Crippen LogP contribution in [0.2, 0.25) is 0 Å². The molecular weight excluding hydrogens is 393 g/mol. The van der Waals surface area contributed by atoms with Crippen LogP contribution >= 0.6 is 22.6 Å². The first kappa shape index (κ1) is 15.2. The van der Waals surface area contributed by atoms with Crippen LogP contribution in [0.5, 0.6) is 0 Å². The highest BCUT2D eigenvalue weighted by atomic mass is 127. The molecule has 6 nitrogen and oxygen atoms in total. The van der Waals surface area contributed by atoms with Gasteiger partial charge in [0.2, 0.25) is 0 Å². The van der Waals surface area contributed by atoms with Gasteiger partial charge in [-0.1, -0.05) is 6.07 Å². The molecule has 7 heteroatoms. The average Bonchev–Trinajstić information content (AvgIpc) is 2.88. The molecular formula is C15H16IN5O. The predicted molar refractivity (Wildman–Crippen MR) is 93.3 cm³/mol. The Bertz CT molecular complexity index is 849. The third-order valence-corrected chi connectivity index (χ3v) is 4.82. The number of fused-ring (bicyclic) bond motifs is 1. The second kappa shape index (κ2) is 5.17. The Labute approximate surface area is 141 Å². The minimum absolute atomic E-state index is 0.579. The predicted octanol–water partition coefficient (Wildman–Crippen LogP) is 2.51. The fraction of sp³-hybridized carbons (Fsp3) is 0.267. The van der Waals surface area contributed by atoms with Crippen molar-refractivity contribution in [3.63, 3.8) is 0 Å². The Hall–Kier alpha value is -1.74. The number of nitrogens with zero attached hydrogens (tertiary/aromatic N) is 4. The largest absolute Gasteiger partial charge is 0.384 e. The van der Waals surface area contributed by atoms with Gasteiger partial charge in [-0.3, -0.25) is 4.98 Å². The highest BCUT2D eigenvalue weighted by Crippen LogP contribution is 2.28. The minimum Gasteiger partial charge on any atom is -0.384 e. The molecule has 114 valence electrons. The van der Waals surface area contributed by atoms with Gasteiger partial charge in [-0.15, -0.1) is 0 Å². The van der Waals surface area contributed by atoms with Crippen LogP contribution in [0.4, 0.5) is 5.82 Å². The summed E-state index contributed by atoms with van der Waals surface area (Å²) >= 11 is 2.17. The Kier molecular flexibility index (Phi) is 3.56. The third kappa shape index (κ3) is 2.44. The summed E-state index contributed by atoms with van der Waals surface area (Å²) in [5.74, 6) is 0.579. The average molecular weight is 409 g/mol. The molecule has 0 saturated heterocycles. The number of aromatic nitrogens is 4. The van der Waals surface area contributed by atoms with Crippen molar-refractivity contribution in [2.24, 2.45) is 0 Å². The second-order valence-corrected chi connectivity index (χ2v) is 6.76. The summed E-state index contributed by atoms with van der Waals surface area (Å²) in [6.45, 7) is 5.33. The molecule has 3 rings (SSSR count). The van der Waals surface area contributed by atoms with Crippen molar-refractivity contribution >= 4 is 34.1 Å². The number of pyridine rings is 1. The zero-order valence-electron chi connectivity index (χ0n) is 12.5. The highest BCUT2D eigenvalue weighted by Gasteiger charge is 2.18. The molecule has 0 aromatic carbocycles. The Morgan fingerprint density at radius 1 is 1.27 bits per heavy atom. The van der Waals surface area contributed by atoms with Gasteiger partial charge in [0.1, 0.15) is 11.4 Å². The van der Waals surface area contributed by atoms with Crippen molar-refractivity contribution in [2.45, 2.75) is 26.4 Å². The topological polar surface area (TPSA) is 89.3 Å². The Balaban J connectivity index is 2.15. The van der Waals surface area contributed by atoms with Crippen molar-refractivity contribution in [2.75, 3.05) is 5.73 Å². The Morgan fingerprint density at radius 2 is 2.00 bits per heavy atom. The number of nitrogen functional groups attached to an aromatic ring is 1. The fourth-order valence-electron chi connectivity index (χ4n) is 2.23. The molecule has 0 atom stereocenters. The lowest BCUT2D eigenvalue weighted by atomic mass is 10.0. The Morgan fingerprint density at radius 3 is 2.59 bits per heavy atom. The first-order valence-corrected chi connectivity index (χ1v) is 7.85. The number of nitrogens with two attached hydrogens (primary N) is 1. The number of hydrogen-bond donors (Lipinski definition) is 2. The van der Waals surface area contributed by atoms with E-state index in [1.165, 1.54) is 0 Å². The molecule has 3 heterocycles. The van der Waals surface area contributed by atoms with E-state index < -0.39 is 5.60 Å². The SMILES string of the molecule is Cc1nc2c(-c3ccc(C(C)(C)O)nc3)cnn2c(N)c1I. The van der Waals surface area contributed by atoms with Gasteiger partial charge in [-0.25, -0.2) is 4.98 Å². The van der Waals surface area contributed by atoms with Crippen molar-refractivity contribution in [3.05, 3.63) is 39.5 Å². The minimum atomic E-state index is -0.963.